The van der Waals surface area contributed by atoms with Gasteiger partial charge in [-0.3, -0.25) is 4.79 Å². The van der Waals surface area contributed by atoms with Gasteiger partial charge in [-0.2, -0.15) is 12.6 Å². The first-order valence-electron chi connectivity index (χ1n) is 7.47. The lowest BCUT2D eigenvalue weighted by molar-refractivity contribution is -0.121. The van der Waals surface area contributed by atoms with Crippen molar-refractivity contribution in [3.05, 3.63) is 0 Å². The predicted molar refractivity (Wildman–Crippen MR) is 83.2 cm³/mol. The maximum Gasteiger partial charge on any atom is 0.219 e. The van der Waals surface area contributed by atoms with Crippen LogP contribution in [0.5, 0.6) is 0 Å². The van der Waals surface area contributed by atoms with E-state index in [1.807, 2.05) is 0 Å². The van der Waals surface area contributed by atoms with Gasteiger partial charge in [-0.1, -0.05) is 40.0 Å². The quantitative estimate of drug-likeness (QED) is 0.431. The van der Waals surface area contributed by atoms with Gasteiger partial charge in [0.15, 0.2) is 0 Å². The van der Waals surface area contributed by atoms with Gasteiger partial charge in [0.1, 0.15) is 0 Å². The minimum atomic E-state index is 0.204. The highest BCUT2D eigenvalue weighted by Gasteiger charge is 2.08. The molecule has 1 unspecified atom stereocenters. The smallest absolute Gasteiger partial charge is 0.219 e. The van der Waals surface area contributed by atoms with Crippen LogP contribution < -0.4 is 5.32 Å². The van der Waals surface area contributed by atoms with Gasteiger partial charge in [0.05, 0.1) is 0 Å². The number of rotatable bonds is 11. The molecule has 1 atom stereocenters. The van der Waals surface area contributed by atoms with E-state index < -0.39 is 0 Å². The number of carbonyl (C=O) groups is 1. The predicted octanol–water partition coefficient (Wildman–Crippen LogP) is 4.06. The molecular formula is C15H31NOS. The zero-order valence-corrected chi connectivity index (χ0v) is 13.3. The molecule has 0 aromatic rings. The summed E-state index contributed by atoms with van der Waals surface area (Å²) in [4.78, 5) is 11.5. The third-order valence-electron chi connectivity index (χ3n) is 3.42. The lowest BCUT2D eigenvalue weighted by Gasteiger charge is -2.16. The highest BCUT2D eigenvalue weighted by molar-refractivity contribution is 7.80. The number of thiol groups is 1. The Labute approximate surface area is 119 Å². The molecule has 108 valence electrons. The third kappa shape index (κ3) is 10.9. The lowest BCUT2D eigenvalue weighted by Crippen LogP contribution is -2.25. The average Bonchev–Trinajstić information content (AvgIpc) is 2.33. The van der Waals surface area contributed by atoms with E-state index in [0.717, 1.165) is 43.4 Å². The minimum absolute atomic E-state index is 0.204. The summed E-state index contributed by atoms with van der Waals surface area (Å²) >= 11 is 4.14. The molecular weight excluding hydrogens is 242 g/mol. The van der Waals surface area contributed by atoms with Gasteiger partial charge in [0.2, 0.25) is 5.91 Å². The van der Waals surface area contributed by atoms with Gasteiger partial charge in [-0.25, -0.2) is 0 Å². The van der Waals surface area contributed by atoms with Crippen molar-refractivity contribution < 1.29 is 4.79 Å². The lowest BCUT2D eigenvalue weighted by atomic mass is 9.93. The van der Waals surface area contributed by atoms with Crippen molar-refractivity contribution in [2.75, 3.05) is 12.3 Å². The first kappa shape index (κ1) is 17.8. The summed E-state index contributed by atoms with van der Waals surface area (Å²) in [5, 5.41) is 3.03. The highest BCUT2D eigenvalue weighted by atomic mass is 32.1. The Morgan fingerprint density at radius 1 is 1.17 bits per heavy atom. The molecule has 0 saturated heterocycles. The molecule has 0 rings (SSSR count). The van der Waals surface area contributed by atoms with Crippen molar-refractivity contribution in [2.24, 2.45) is 11.8 Å². The van der Waals surface area contributed by atoms with Gasteiger partial charge in [0.25, 0.3) is 0 Å². The van der Waals surface area contributed by atoms with Crippen LogP contribution in [0.15, 0.2) is 0 Å². The SMILES string of the molecule is CCC(CCNC(=O)CCCCS)CCC(C)C. The zero-order valence-electron chi connectivity index (χ0n) is 12.4. The fraction of sp³-hybridized carbons (Fsp3) is 0.933. The standard InChI is InChI=1S/C15H31NOS/c1-4-14(9-8-13(2)3)10-11-16-15(17)7-5-6-12-18/h13-14,18H,4-12H2,1-3H3,(H,16,17). The van der Waals surface area contributed by atoms with E-state index >= 15 is 0 Å². The molecule has 0 radical (unpaired) electrons. The van der Waals surface area contributed by atoms with Crippen molar-refractivity contribution in [3.63, 3.8) is 0 Å². The van der Waals surface area contributed by atoms with E-state index in [9.17, 15) is 4.79 Å². The van der Waals surface area contributed by atoms with E-state index in [1.54, 1.807) is 0 Å². The molecule has 0 bridgehead atoms. The Hall–Kier alpha value is -0.180. The summed E-state index contributed by atoms with van der Waals surface area (Å²) in [6, 6.07) is 0. The van der Waals surface area contributed by atoms with Crippen LogP contribution in [0.2, 0.25) is 0 Å². The van der Waals surface area contributed by atoms with Crippen molar-refractivity contribution >= 4 is 18.5 Å². The van der Waals surface area contributed by atoms with Gasteiger partial charge >= 0.3 is 0 Å². The van der Waals surface area contributed by atoms with Crippen LogP contribution in [0.25, 0.3) is 0 Å². The molecule has 1 N–H and O–H groups in total. The van der Waals surface area contributed by atoms with Gasteiger partial charge in [-0.15, -0.1) is 0 Å². The number of hydrogen-bond donors (Lipinski definition) is 2. The molecule has 0 aliphatic carbocycles. The molecule has 0 fully saturated rings. The Bertz CT molecular complexity index is 207. The second-order valence-electron chi connectivity index (χ2n) is 5.56. The van der Waals surface area contributed by atoms with Crippen LogP contribution in [0.3, 0.4) is 0 Å². The molecule has 1 amide bonds. The number of unbranched alkanes of at least 4 members (excludes halogenated alkanes) is 1. The van der Waals surface area contributed by atoms with Crippen molar-refractivity contribution in [3.8, 4) is 0 Å². The Morgan fingerprint density at radius 3 is 2.44 bits per heavy atom. The molecule has 3 heteroatoms. The van der Waals surface area contributed by atoms with Crippen LogP contribution in [0.1, 0.15) is 65.7 Å². The second-order valence-corrected chi connectivity index (χ2v) is 6.01. The second kappa shape index (κ2) is 11.9. The van der Waals surface area contributed by atoms with E-state index in [4.69, 9.17) is 0 Å². The maximum atomic E-state index is 11.5. The summed E-state index contributed by atoms with van der Waals surface area (Å²) in [7, 11) is 0. The first-order valence-corrected chi connectivity index (χ1v) is 8.10. The minimum Gasteiger partial charge on any atom is -0.356 e. The summed E-state index contributed by atoms with van der Waals surface area (Å²) in [5.41, 5.74) is 0. The van der Waals surface area contributed by atoms with E-state index in [-0.39, 0.29) is 5.91 Å². The van der Waals surface area contributed by atoms with Gasteiger partial charge in [-0.05, 0) is 36.9 Å². The molecule has 0 aliphatic heterocycles. The molecule has 0 saturated carbocycles. The third-order valence-corrected chi connectivity index (χ3v) is 3.73. The van der Waals surface area contributed by atoms with Crippen LogP contribution >= 0.6 is 12.6 Å². The molecule has 0 spiro atoms. The average molecular weight is 273 g/mol. The van der Waals surface area contributed by atoms with E-state index in [1.165, 1.54) is 19.3 Å². The van der Waals surface area contributed by atoms with E-state index in [0.29, 0.717) is 6.42 Å². The van der Waals surface area contributed by atoms with Gasteiger partial charge in [0, 0.05) is 13.0 Å². The number of amides is 1. The first-order chi connectivity index (χ1) is 8.60. The van der Waals surface area contributed by atoms with Crippen molar-refractivity contribution in [1.29, 1.82) is 0 Å². The molecule has 0 aromatic heterocycles. The van der Waals surface area contributed by atoms with Crippen LogP contribution in [-0.2, 0) is 4.79 Å². The number of hydrogen-bond acceptors (Lipinski definition) is 2. The Morgan fingerprint density at radius 2 is 1.89 bits per heavy atom. The molecule has 0 aliphatic rings. The van der Waals surface area contributed by atoms with Crippen molar-refractivity contribution in [2.45, 2.75) is 65.7 Å². The largest absolute Gasteiger partial charge is 0.356 e. The fourth-order valence-electron chi connectivity index (χ4n) is 2.02. The van der Waals surface area contributed by atoms with E-state index in [2.05, 4.69) is 38.7 Å². The summed E-state index contributed by atoms with van der Waals surface area (Å²) < 4.78 is 0. The normalized spacial score (nSPS) is 12.7. The van der Waals surface area contributed by atoms with Crippen molar-refractivity contribution in [1.82, 2.24) is 5.32 Å². The molecule has 2 nitrogen and oxygen atoms in total. The number of carbonyl (C=O) groups excluding carboxylic acids is 1. The summed E-state index contributed by atoms with van der Waals surface area (Å²) in [6.07, 6.45) is 7.59. The Kier molecular flexibility index (Phi) is 11.8. The monoisotopic (exact) mass is 273 g/mol. The van der Waals surface area contributed by atoms with Crippen LogP contribution in [0, 0.1) is 11.8 Å². The zero-order chi connectivity index (χ0) is 13.8. The molecule has 18 heavy (non-hydrogen) atoms. The highest BCUT2D eigenvalue weighted by Crippen LogP contribution is 2.18. The maximum absolute atomic E-state index is 11.5. The van der Waals surface area contributed by atoms with Crippen LogP contribution in [0.4, 0.5) is 0 Å². The number of nitrogens with one attached hydrogen (secondary N) is 1. The molecule has 0 heterocycles. The topological polar surface area (TPSA) is 29.1 Å². The Balaban J connectivity index is 3.57. The summed E-state index contributed by atoms with van der Waals surface area (Å²) in [6.45, 7) is 7.64. The molecule has 0 aromatic carbocycles. The summed E-state index contributed by atoms with van der Waals surface area (Å²) in [5.74, 6) is 2.64. The van der Waals surface area contributed by atoms with Gasteiger partial charge < -0.3 is 5.32 Å². The fourth-order valence-corrected chi connectivity index (χ4v) is 2.25. The van der Waals surface area contributed by atoms with Crippen LogP contribution in [-0.4, -0.2) is 18.2 Å².